The molecule has 2 saturated heterocycles. The van der Waals surface area contributed by atoms with Gasteiger partial charge in [0.05, 0.1) is 24.1 Å². The number of carbonyl (C=O) groups is 3. The first kappa shape index (κ1) is 19.3. The van der Waals surface area contributed by atoms with Crippen molar-refractivity contribution in [1.29, 1.82) is 0 Å². The van der Waals surface area contributed by atoms with Crippen LogP contribution in [0.2, 0.25) is 0 Å². The molecule has 2 aromatic rings. The number of hydrogen-bond donors (Lipinski definition) is 1. The van der Waals surface area contributed by atoms with E-state index in [2.05, 4.69) is 5.32 Å². The molecular formula is C23H24N2O4. The van der Waals surface area contributed by atoms with Crippen LogP contribution < -0.4 is 10.2 Å². The summed E-state index contributed by atoms with van der Waals surface area (Å²) < 4.78 is 5.37. The van der Waals surface area contributed by atoms with Crippen LogP contribution in [-0.2, 0) is 25.5 Å². The van der Waals surface area contributed by atoms with E-state index in [0.717, 1.165) is 5.56 Å². The van der Waals surface area contributed by atoms with Gasteiger partial charge in [-0.05, 0) is 37.5 Å². The van der Waals surface area contributed by atoms with Gasteiger partial charge in [0.15, 0.2) is 0 Å². The molecule has 2 aliphatic heterocycles. The number of fused-ring (bicyclic) bond motifs is 1. The van der Waals surface area contributed by atoms with Crippen LogP contribution in [0.4, 0.5) is 5.69 Å². The number of anilines is 1. The lowest BCUT2D eigenvalue weighted by Crippen LogP contribution is -2.56. The maximum Gasteiger partial charge on any atom is 0.327 e. The molecule has 0 bridgehead atoms. The second-order valence-corrected chi connectivity index (χ2v) is 7.49. The molecule has 150 valence electrons. The zero-order valence-corrected chi connectivity index (χ0v) is 16.3. The number of esters is 1. The van der Waals surface area contributed by atoms with Gasteiger partial charge in [-0.25, -0.2) is 4.90 Å². The maximum absolute atomic E-state index is 13.4. The number of nitrogens with one attached hydrogen (secondary N) is 1. The van der Waals surface area contributed by atoms with Crippen molar-refractivity contribution >= 4 is 23.5 Å². The summed E-state index contributed by atoms with van der Waals surface area (Å²) >= 11 is 0. The molecule has 2 amide bonds. The number of benzene rings is 2. The van der Waals surface area contributed by atoms with Gasteiger partial charge >= 0.3 is 5.97 Å². The fraction of sp³-hybridized carbons (Fsp3) is 0.348. The molecule has 0 unspecified atom stereocenters. The van der Waals surface area contributed by atoms with Crippen molar-refractivity contribution in [3.8, 4) is 0 Å². The van der Waals surface area contributed by atoms with Crippen LogP contribution in [0.15, 0.2) is 60.7 Å². The Morgan fingerprint density at radius 1 is 1.07 bits per heavy atom. The number of imide groups is 1. The minimum atomic E-state index is -1.20. The Balaban J connectivity index is 1.68. The predicted molar refractivity (Wildman–Crippen MR) is 108 cm³/mol. The van der Waals surface area contributed by atoms with E-state index in [1.54, 1.807) is 31.2 Å². The van der Waals surface area contributed by atoms with Crippen LogP contribution in [0, 0.1) is 11.8 Å². The van der Waals surface area contributed by atoms with Crippen molar-refractivity contribution in [2.45, 2.75) is 25.3 Å². The first-order chi connectivity index (χ1) is 14.1. The number of hydrogen-bond acceptors (Lipinski definition) is 5. The van der Waals surface area contributed by atoms with Crippen molar-refractivity contribution in [3.05, 3.63) is 66.2 Å². The molecule has 2 heterocycles. The summed E-state index contributed by atoms with van der Waals surface area (Å²) in [5.74, 6) is -2.39. The van der Waals surface area contributed by atoms with Crippen LogP contribution >= 0.6 is 0 Å². The number of aryl methyl sites for hydroxylation is 1. The normalized spacial score (nSPS) is 25.9. The van der Waals surface area contributed by atoms with Crippen molar-refractivity contribution in [2.24, 2.45) is 11.8 Å². The fourth-order valence-corrected chi connectivity index (χ4v) is 4.51. The van der Waals surface area contributed by atoms with Crippen molar-refractivity contribution < 1.29 is 19.1 Å². The zero-order valence-electron chi connectivity index (χ0n) is 16.3. The minimum absolute atomic E-state index is 0.218. The summed E-state index contributed by atoms with van der Waals surface area (Å²) in [5, 5.41) is 3.22. The minimum Gasteiger partial charge on any atom is -0.465 e. The standard InChI is InChI=1S/C23H24N2O4/c1-2-29-22(28)23(14-13-16-9-5-3-6-10-16)19-18(15-24-23)20(26)25(21(19)27)17-11-7-4-8-12-17/h3-12,18-19,24H,2,13-15H2,1H3/t18-,19+,23-/m1/s1. The molecular weight excluding hydrogens is 368 g/mol. The Hall–Kier alpha value is -2.99. The Morgan fingerprint density at radius 2 is 1.72 bits per heavy atom. The topological polar surface area (TPSA) is 75.7 Å². The number of para-hydroxylation sites is 1. The first-order valence-corrected chi connectivity index (χ1v) is 9.97. The van der Waals surface area contributed by atoms with Gasteiger partial charge in [-0.15, -0.1) is 0 Å². The van der Waals surface area contributed by atoms with E-state index in [1.165, 1.54) is 4.90 Å². The molecule has 2 fully saturated rings. The third kappa shape index (κ3) is 3.23. The van der Waals surface area contributed by atoms with Gasteiger partial charge in [0, 0.05) is 6.54 Å². The zero-order chi connectivity index (χ0) is 20.4. The molecule has 0 aliphatic carbocycles. The number of nitrogens with zero attached hydrogens (tertiary/aromatic N) is 1. The summed E-state index contributed by atoms with van der Waals surface area (Å²) in [6.45, 7) is 2.24. The SMILES string of the molecule is CCOC(=O)[C@]1(CCc2ccccc2)NC[C@H]2C(=O)N(c3ccccc3)C(=O)[C@H]21. The monoisotopic (exact) mass is 392 g/mol. The number of rotatable bonds is 6. The first-order valence-electron chi connectivity index (χ1n) is 9.97. The molecule has 3 atom stereocenters. The lowest BCUT2D eigenvalue weighted by molar-refractivity contribution is -0.155. The van der Waals surface area contributed by atoms with Gasteiger partial charge in [-0.3, -0.25) is 14.4 Å². The van der Waals surface area contributed by atoms with E-state index in [9.17, 15) is 14.4 Å². The van der Waals surface area contributed by atoms with Crippen molar-refractivity contribution in [3.63, 3.8) is 0 Å². The van der Waals surface area contributed by atoms with Gasteiger partial charge in [0.2, 0.25) is 11.8 Å². The highest BCUT2D eigenvalue weighted by Gasteiger charge is 2.65. The quantitative estimate of drug-likeness (QED) is 0.603. The Morgan fingerprint density at radius 3 is 2.38 bits per heavy atom. The molecule has 2 aromatic carbocycles. The van der Waals surface area contributed by atoms with Crippen LogP contribution in [0.3, 0.4) is 0 Å². The molecule has 6 heteroatoms. The van der Waals surface area contributed by atoms with Crippen LogP contribution in [0.1, 0.15) is 18.9 Å². The van der Waals surface area contributed by atoms with Crippen molar-refractivity contribution in [2.75, 3.05) is 18.1 Å². The molecule has 0 radical (unpaired) electrons. The van der Waals surface area contributed by atoms with Gasteiger partial charge in [0.25, 0.3) is 0 Å². The lowest BCUT2D eigenvalue weighted by atomic mass is 9.77. The second kappa shape index (κ2) is 7.79. The molecule has 29 heavy (non-hydrogen) atoms. The smallest absolute Gasteiger partial charge is 0.327 e. The average Bonchev–Trinajstić information content (AvgIpc) is 3.25. The Kier molecular flexibility index (Phi) is 5.20. The summed E-state index contributed by atoms with van der Waals surface area (Å²) in [5.41, 5.74) is 0.406. The Bertz CT molecular complexity index is 915. The van der Waals surface area contributed by atoms with Crippen LogP contribution in [0.5, 0.6) is 0 Å². The Labute approximate surface area is 169 Å². The molecule has 6 nitrogen and oxygen atoms in total. The third-order valence-electron chi connectivity index (χ3n) is 5.90. The van der Waals surface area contributed by atoms with E-state index >= 15 is 0 Å². The van der Waals surface area contributed by atoms with Crippen LogP contribution in [0.25, 0.3) is 0 Å². The number of ether oxygens (including phenoxy) is 1. The van der Waals surface area contributed by atoms with Gasteiger partial charge in [-0.1, -0.05) is 48.5 Å². The molecule has 4 rings (SSSR count). The highest BCUT2D eigenvalue weighted by Crippen LogP contribution is 2.44. The average molecular weight is 392 g/mol. The summed E-state index contributed by atoms with van der Waals surface area (Å²) in [4.78, 5) is 40.7. The van der Waals surface area contributed by atoms with Crippen LogP contribution in [-0.4, -0.2) is 36.5 Å². The van der Waals surface area contributed by atoms with E-state index in [1.807, 2.05) is 36.4 Å². The van der Waals surface area contributed by atoms with E-state index in [4.69, 9.17) is 4.74 Å². The number of amides is 2. The summed E-state index contributed by atoms with van der Waals surface area (Å²) in [6.07, 6.45) is 0.987. The van der Waals surface area contributed by atoms with Crippen molar-refractivity contribution in [1.82, 2.24) is 5.32 Å². The largest absolute Gasteiger partial charge is 0.465 e. The lowest BCUT2D eigenvalue weighted by Gasteiger charge is -2.32. The van der Waals surface area contributed by atoms with Gasteiger partial charge in [0.1, 0.15) is 5.54 Å². The molecule has 0 spiro atoms. The van der Waals surface area contributed by atoms with Gasteiger partial charge < -0.3 is 10.1 Å². The second-order valence-electron chi connectivity index (χ2n) is 7.49. The summed E-state index contributed by atoms with van der Waals surface area (Å²) in [6, 6.07) is 18.7. The summed E-state index contributed by atoms with van der Waals surface area (Å²) in [7, 11) is 0. The van der Waals surface area contributed by atoms with E-state index < -0.39 is 23.3 Å². The molecule has 0 aromatic heterocycles. The van der Waals surface area contributed by atoms with E-state index in [-0.39, 0.29) is 25.0 Å². The van der Waals surface area contributed by atoms with Gasteiger partial charge in [-0.2, -0.15) is 0 Å². The molecule has 2 aliphatic rings. The highest BCUT2D eigenvalue weighted by atomic mass is 16.5. The molecule has 1 N–H and O–H groups in total. The predicted octanol–water partition coefficient (Wildman–Crippen LogP) is 2.33. The fourth-order valence-electron chi connectivity index (χ4n) is 4.51. The maximum atomic E-state index is 13.4. The third-order valence-corrected chi connectivity index (χ3v) is 5.90. The van der Waals surface area contributed by atoms with E-state index in [0.29, 0.717) is 18.5 Å². The highest BCUT2D eigenvalue weighted by molar-refractivity contribution is 6.24. The molecule has 0 saturated carbocycles. The number of carbonyl (C=O) groups excluding carboxylic acids is 3.